The van der Waals surface area contributed by atoms with Crippen molar-refractivity contribution in [3.63, 3.8) is 0 Å². The van der Waals surface area contributed by atoms with Gasteiger partial charge in [0.25, 0.3) is 0 Å². The Kier molecular flexibility index (Phi) is 6.45. The largest absolute Gasteiger partial charge is 0.394 e. The first kappa shape index (κ1) is 22.6. The Morgan fingerprint density at radius 2 is 1.72 bits per heavy atom. The number of benzene rings is 1. The molecular formula is C23H30N4O5. The molecule has 5 atom stereocenters. The van der Waals surface area contributed by atoms with Crippen molar-refractivity contribution in [2.75, 3.05) is 6.61 Å². The van der Waals surface area contributed by atoms with Gasteiger partial charge in [0.15, 0.2) is 6.23 Å². The average molecular weight is 443 g/mol. The van der Waals surface area contributed by atoms with Crippen LogP contribution in [0.5, 0.6) is 0 Å². The molecule has 1 aromatic carbocycles. The predicted octanol–water partition coefficient (Wildman–Crippen LogP) is 0.970. The van der Waals surface area contributed by atoms with Crippen LogP contribution in [0.15, 0.2) is 42.7 Å². The minimum absolute atomic E-state index is 0.177. The van der Waals surface area contributed by atoms with Crippen LogP contribution in [0.2, 0.25) is 0 Å². The maximum absolute atomic E-state index is 10.5. The molecule has 4 rings (SSSR count). The highest BCUT2D eigenvalue weighted by Crippen LogP contribution is 2.31. The minimum Gasteiger partial charge on any atom is -0.394 e. The highest BCUT2D eigenvalue weighted by molar-refractivity contribution is 5.59. The van der Waals surface area contributed by atoms with Gasteiger partial charge < -0.3 is 25.2 Å². The average Bonchev–Trinajstić information content (AvgIpc) is 3.39. The van der Waals surface area contributed by atoms with Crippen molar-refractivity contribution < 1.29 is 25.2 Å². The van der Waals surface area contributed by atoms with E-state index in [9.17, 15) is 20.4 Å². The quantitative estimate of drug-likeness (QED) is 0.448. The van der Waals surface area contributed by atoms with Gasteiger partial charge in [0.1, 0.15) is 24.4 Å². The zero-order chi connectivity index (χ0) is 23.0. The molecule has 0 radical (unpaired) electrons. The minimum atomic E-state index is -1.44. The summed E-state index contributed by atoms with van der Waals surface area (Å²) in [4.78, 5) is 0. The van der Waals surface area contributed by atoms with Crippen molar-refractivity contribution in [3.8, 4) is 11.3 Å². The number of aliphatic hydroxyl groups is 4. The van der Waals surface area contributed by atoms with Gasteiger partial charge in [-0.05, 0) is 23.1 Å². The maximum atomic E-state index is 10.5. The van der Waals surface area contributed by atoms with Crippen LogP contribution in [0.25, 0.3) is 11.3 Å². The summed E-state index contributed by atoms with van der Waals surface area (Å²) in [5.41, 5.74) is 4.85. The fraction of sp³-hybridized carbons (Fsp3) is 0.478. The topological polar surface area (TPSA) is 126 Å². The normalized spacial score (nSPS) is 26.1. The molecule has 1 fully saturated rings. The van der Waals surface area contributed by atoms with E-state index in [0.29, 0.717) is 6.42 Å². The number of hydrogen-bond donors (Lipinski definition) is 4. The van der Waals surface area contributed by atoms with Gasteiger partial charge in [-0.3, -0.25) is 4.68 Å². The second-order valence-corrected chi connectivity index (χ2v) is 8.63. The Bertz CT molecular complexity index is 1040. The van der Waals surface area contributed by atoms with E-state index < -0.39 is 37.3 Å². The van der Waals surface area contributed by atoms with E-state index in [1.165, 1.54) is 4.68 Å². The predicted molar refractivity (Wildman–Crippen MR) is 117 cm³/mol. The summed E-state index contributed by atoms with van der Waals surface area (Å²) in [5, 5.41) is 49.2. The highest BCUT2D eigenvalue weighted by atomic mass is 16.6. The first-order valence-electron chi connectivity index (χ1n) is 10.8. The van der Waals surface area contributed by atoms with Gasteiger partial charge in [0, 0.05) is 31.4 Å². The molecule has 9 nitrogen and oxygen atoms in total. The van der Waals surface area contributed by atoms with Gasteiger partial charge in [-0.25, -0.2) is 4.68 Å². The van der Waals surface area contributed by atoms with E-state index in [4.69, 9.17) is 4.74 Å². The lowest BCUT2D eigenvalue weighted by Crippen LogP contribution is -2.56. The lowest BCUT2D eigenvalue weighted by molar-refractivity contribution is -0.253. The Morgan fingerprint density at radius 3 is 2.31 bits per heavy atom. The number of nitrogens with zero attached hydrogens (tertiary/aromatic N) is 4. The van der Waals surface area contributed by atoms with E-state index >= 15 is 0 Å². The van der Waals surface area contributed by atoms with Gasteiger partial charge in [0.2, 0.25) is 0 Å². The lowest BCUT2D eigenvalue weighted by atomic mass is 9.98. The second kappa shape index (κ2) is 9.13. The van der Waals surface area contributed by atoms with E-state index in [2.05, 4.69) is 24.0 Å². The van der Waals surface area contributed by atoms with Crippen LogP contribution in [0.4, 0.5) is 0 Å². The van der Waals surface area contributed by atoms with Crippen LogP contribution in [0, 0.1) is 0 Å². The summed E-state index contributed by atoms with van der Waals surface area (Å²) >= 11 is 0. The van der Waals surface area contributed by atoms with Crippen LogP contribution in [0.3, 0.4) is 0 Å². The van der Waals surface area contributed by atoms with Crippen molar-refractivity contribution in [2.24, 2.45) is 7.05 Å². The van der Waals surface area contributed by atoms with Crippen LogP contribution >= 0.6 is 0 Å². The summed E-state index contributed by atoms with van der Waals surface area (Å²) in [7, 11) is 1.89. The number of ether oxygens (including phenoxy) is 1. The number of aryl methyl sites for hydroxylation is 1. The summed E-state index contributed by atoms with van der Waals surface area (Å²) < 4.78 is 8.91. The van der Waals surface area contributed by atoms with Crippen LogP contribution in [0.1, 0.15) is 42.8 Å². The molecule has 32 heavy (non-hydrogen) atoms. The third kappa shape index (κ3) is 4.35. The van der Waals surface area contributed by atoms with E-state index in [1.54, 1.807) is 10.9 Å². The molecule has 172 valence electrons. The third-order valence-corrected chi connectivity index (χ3v) is 5.93. The first-order chi connectivity index (χ1) is 15.3. The molecule has 0 amide bonds. The van der Waals surface area contributed by atoms with Gasteiger partial charge in [-0.15, -0.1) is 0 Å². The van der Waals surface area contributed by atoms with Crippen molar-refractivity contribution in [3.05, 3.63) is 59.5 Å². The van der Waals surface area contributed by atoms with E-state index in [-0.39, 0.29) is 5.92 Å². The molecule has 3 heterocycles. The smallest absolute Gasteiger partial charge is 0.179 e. The highest BCUT2D eigenvalue weighted by Gasteiger charge is 2.44. The van der Waals surface area contributed by atoms with Crippen LogP contribution in [-0.4, -0.2) is 71.0 Å². The van der Waals surface area contributed by atoms with Crippen LogP contribution in [-0.2, 0) is 18.2 Å². The van der Waals surface area contributed by atoms with Crippen molar-refractivity contribution >= 4 is 0 Å². The molecule has 1 aliphatic heterocycles. The summed E-state index contributed by atoms with van der Waals surface area (Å²) in [6, 6.07) is 10.1. The molecule has 0 aliphatic carbocycles. The SMILES string of the molecule is CC(C)c1cn([C@@H]2O[C@H](CO)[C@@H](O)[C@H](O)[C@H]2O)nc1Cc1ccc(-c2ccn(C)n2)cc1. The zero-order valence-electron chi connectivity index (χ0n) is 18.4. The molecule has 4 N–H and O–H groups in total. The monoisotopic (exact) mass is 442 g/mol. The van der Waals surface area contributed by atoms with Crippen molar-refractivity contribution in [2.45, 2.75) is 56.8 Å². The molecule has 0 bridgehead atoms. The van der Waals surface area contributed by atoms with Gasteiger partial charge in [-0.2, -0.15) is 10.2 Å². The third-order valence-electron chi connectivity index (χ3n) is 5.93. The maximum Gasteiger partial charge on any atom is 0.179 e. The fourth-order valence-electron chi connectivity index (χ4n) is 4.05. The molecular weight excluding hydrogens is 412 g/mol. The first-order valence-corrected chi connectivity index (χ1v) is 10.8. The number of rotatable bonds is 6. The molecule has 0 unspecified atom stereocenters. The summed E-state index contributed by atoms with van der Waals surface area (Å²) in [6.07, 6.45) is -1.92. The number of hydrogen-bond acceptors (Lipinski definition) is 7. The lowest BCUT2D eigenvalue weighted by Gasteiger charge is -2.39. The Balaban J connectivity index is 1.58. The van der Waals surface area contributed by atoms with E-state index in [1.807, 2.05) is 43.6 Å². The number of aromatic nitrogens is 4. The molecule has 1 aliphatic rings. The van der Waals surface area contributed by atoms with Crippen molar-refractivity contribution in [1.29, 1.82) is 0 Å². The Labute approximate surface area is 186 Å². The van der Waals surface area contributed by atoms with E-state index in [0.717, 1.165) is 28.1 Å². The molecule has 2 aromatic heterocycles. The second-order valence-electron chi connectivity index (χ2n) is 8.63. The summed E-state index contributed by atoms with van der Waals surface area (Å²) in [5.74, 6) is 0.177. The number of aliphatic hydroxyl groups excluding tert-OH is 4. The molecule has 1 saturated heterocycles. The molecule has 3 aromatic rings. The molecule has 9 heteroatoms. The van der Waals surface area contributed by atoms with Crippen LogP contribution < -0.4 is 0 Å². The Hall–Kier alpha value is -2.56. The standard InChI is InChI=1S/C23H30N4O5/c1-13(2)16-11-27(23-22(31)21(30)20(29)19(12-28)32-23)25-18(16)10-14-4-6-15(7-5-14)17-8-9-26(3)24-17/h4-9,11,13,19-23,28-31H,10,12H2,1-3H3/t19-,20-,21+,22-,23-/m1/s1. The zero-order valence-corrected chi connectivity index (χ0v) is 18.4. The molecule has 0 spiro atoms. The van der Waals surface area contributed by atoms with Gasteiger partial charge >= 0.3 is 0 Å². The summed E-state index contributed by atoms with van der Waals surface area (Å²) in [6.45, 7) is 3.64. The fourth-order valence-corrected chi connectivity index (χ4v) is 4.05. The molecule has 0 saturated carbocycles. The Morgan fingerprint density at radius 1 is 1.00 bits per heavy atom. The van der Waals surface area contributed by atoms with Gasteiger partial charge in [0.05, 0.1) is 18.0 Å². The van der Waals surface area contributed by atoms with Gasteiger partial charge in [-0.1, -0.05) is 38.1 Å². The van der Waals surface area contributed by atoms with Crippen molar-refractivity contribution in [1.82, 2.24) is 19.6 Å².